The molecule has 2 aromatic carbocycles. The molecule has 2 N–H and O–H groups in total. The zero-order chi connectivity index (χ0) is 21.5. The molecule has 0 radical (unpaired) electrons. The van der Waals surface area contributed by atoms with Crippen LogP contribution in [0.15, 0.2) is 46.7 Å². The highest BCUT2D eigenvalue weighted by molar-refractivity contribution is 7.92. The SMILES string of the molecule is N#Cc1cc(NS(=O)(=O)c2cc(C(=O)O)ccc2C2CC2)c(-c2ccsn2)cc1F. The number of aromatic nitrogens is 1. The Morgan fingerprint density at radius 2 is 2.03 bits per heavy atom. The van der Waals surface area contributed by atoms with Crippen LogP contribution in [0.5, 0.6) is 0 Å². The summed E-state index contributed by atoms with van der Waals surface area (Å²) < 4.78 is 47.2. The van der Waals surface area contributed by atoms with E-state index in [4.69, 9.17) is 5.26 Å². The molecule has 0 bridgehead atoms. The maximum absolute atomic E-state index is 14.2. The van der Waals surface area contributed by atoms with Crippen LogP contribution in [0.25, 0.3) is 11.3 Å². The first-order valence-corrected chi connectivity index (χ1v) is 11.2. The Morgan fingerprint density at radius 3 is 2.63 bits per heavy atom. The summed E-state index contributed by atoms with van der Waals surface area (Å²) in [6, 6.07) is 9.47. The second kappa shape index (κ2) is 7.51. The average Bonchev–Trinajstić information content (AvgIpc) is 3.42. The lowest BCUT2D eigenvalue weighted by Crippen LogP contribution is -2.17. The molecule has 1 aromatic heterocycles. The van der Waals surface area contributed by atoms with Gasteiger partial charge in [-0.3, -0.25) is 4.72 Å². The van der Waals surface area contributed by atoms with Crippen molar-refractivity contribution in [2.75, 3.05) is 4.72 Å². The van der Waals surface area contributed by atoms with Crippen LogP contribution in [-0.4, -0.2) is 23.9 Å². The summed E-state index contributed by atoms with van der Waals surface area (Å²) in [6.45, 7) is 0. The Bertz CT molecular complexity index is 1290. The van der Waals surface area contributed by atoms with E-state index < -0.39 is 21.8 Å². The number of aromatic carboxylic acids is 1. The van der Waals surface area contributed by atoms with Crippen molar-refractivity contribution in [3.8, 4) is 17.3 Å². The Kier molecular flexibility index (Phi) is 5.01. The number of carbonyl (C=O) groups is 1. The smallest absolute Gasteiger partial charge is 0.335 e. The van der Waals surface area contributed by atoms with Gasteiger partial charge in [-0.25, -0.2) is 17.6 Å². The molecule has 1 aliphatic carbocycles. The molecule has 3 aromatic rings. The van der Waals surface area contributed by atoms with E-state index in [0.29, 0.717) is 11.3 Å². The second-order valence-electron chi connectivity index (χ2n) is 6.81. The molecule has 7 nitrogen and oxygen atoms in total. The van der Waals surface area contributed by atoms with E-state index in [1.54, 1.807) is 17.5 Å². The Hall–Kier alpha value is -3.29. The molecule has 0 atom stereocenters. The quantitative estimate of drug-likeness (QED) is 0.589. The van der Waals surface area contributed by atoms with Crippen molar-refractivity contribution >= 4 is 33.2 Å². The summed E-state index contributed by atoms with van der Waals surface area (Å²) in [5.41, 5.74) is 0.567. The van der Waals surface area contributed by atoms with Gasteiger partial charge >= 0.3 is 5.97 Å². The molecule has 1 saturated carbocycles. The van der Waals surface area contributed by atoms with Crippen molar-refractivity contribution in [1.29, 1.82) is 5.26 Å². The van der Waals surface area contributed by atoms with Gasteiger partial charge in [0.15, 0.2) is 0 Å². The van der Waals surface area contributed by atoms with E-state index in [1.165, 1.54) is 12.1 Å². The van der Waals surface area contributed by atoms with Crippen LogP contribution in [-0.2, 0) is 10.0 Å². The molecule has 10 heteroatoms. The van der Waals surface area contributed by atoms with Crippen molar-refractivity contribution in [3.05, 3.63) is 64.3 Å². The van der Waals surface area contributed by atoms with E-state index >= 15 is 0 Å². The number of hydrogen-bond donors (Lipinski definition) is 2. The van der Waals surface area contributed by atoms with Crippen molar-refractivity contribution < 1.29 is 22.7 Å². The van der Waals surface area contributed by atoms with Gasteiger partial charge in [-0.2, -0.15) is 9.64 Å². The summed E-state index contributed by atoms with van der Waals surface area (Å²) in [4.78, 5) is 11.2. The number of nitrogens with zero attached hydrogens (tertiary/aromatic N) is 2. The zero-order valence-corrected chi connectivity index (χ0v) is 16.9. The summed E-state index contributed by atoms with van der Waals surface area (Å²) >= 11 is 1.11. The third-order valence-electron chi connectivity index (χ3n) is 4.75. The number of benzene rings is 2. The predicted molar refractivity (Wildman–Crippen MR) is 108 cm³/mol. The Morgan fingerprint density at radius 1 is 1.27 bits per heavy atom. The molecular weight excluding hydrogens is 429 g/mol. The molecule has 0 amide bonds. The highest BCUT2D eigenvalue weighted by Gasteiger charge is 2.32. The lowest BCUT2D eigenvalue weighted by atomic mass is 10.1. The molecule has 30 heavy (non-hydrogen) atoms. The number of carboxylic acids is 1. The van der Waals surface area contributed by atoms with E-state index in [0.717, 1.165) is 42.6 Å². The number of sulfonamides is 1. The van der Waals surface area contributed by atoms with Gasteiger partial charge in [0.2, 0.25) is 0 Å². The lowest BCUT2D eigenvalue weighted by Gasteiger charge is -2.15. The van der Waals surface area contributed by atoms with E-state index in [9.17, 15) is 22.7 Å². The van der Waals surface area contributed by atoms with Crippen LogP contribution >= 0.6 is 11.5 Å². The molecule has 4 rings (SSSR count). The minimum Gasteiger partial charge on any atom is -0.478 e. The van der Waals surface area contributed by atoms with Gasteiger partial charge in [0.1, 0.15) is 11.9 Å². The number of halogens is 1. The van der Waals surface area contributed by atoms with Crippen LogP contribution in [0.2, 0.25) is 0 Å². The number of hydrogen-bond acceptors (Lipinski definition) is 6. The first-order valence-electron chi connectivity index (χ1n) is 8.84. The van der Waals surface area contributed by atoms with Crippen LogP contribution in [0.3, 0.4) is 0 Å². The molecule has 1 fully saturated rings. The molecular formula is C20H14FN3O4S2. The van der Waals surface area contributed by atoms with Crippen LogP contribution in [0.4, 0.5) is 10.1 Å². The average molecular weight is 443 g/mol. The van der Waals surface area contributed by atoms with Gasteiger partial charge < -0.3 is 5.11 Å². The topological polar surface area (TPSA) is 120 Å². The van der Waals surface area contributed by atoms with Crippen LogP contribution in [0, 0.1) is 17.1 Å². The monoisotopic (exact) mass is 443 g/mol. The summed E-state index contributed by atoms with van der Waals surface area (Å²) in [5.74, 6) is -2.00. The number of nitrogens with one attached hydrogen (secondary N) is 1. The summed E-state index contributed by atoms with van der Waals surface area (Å²) in [5, 5.41) is 20.1. The summed E-state index contributed by atoms with van der Waals surface area (Å²) in [7, 11) is -4.23. The molecule has 0 spiro atoms. The van der Waals surface area contributed by atoms with Gasteiger partial charge in [-0.05, 0) is 66.2 Å². The van der Waals surface area contributed by atoms with Gasteiger partial charge in [-0.15, -0.1) is 0 Å². The largest absolute Gasteiger partial charge is 0.478 e. The number of carboxylic acid groups (broad SMARTS) is 1. The zero-order valence-electron chi connectivity index (χ0n) is 15.3. The minimum atomic E-state index is -4.23. The Labute approximate surface area is 175 Å². The number of nitriles is 1. The normalized spacial score (nSPS) is 13.6. The van der Waals surface area contributed by atoms with E-state index in [-0.39, 0.29) is 33.2 Å². The molecule has 0 unspecified atom stereocenters. The first-order chi connectivity index (χ1) is 14.3. The summed E-state index contributed by atoms with van der Waals surface area (Å²) in [6.07, 6.45) is 1.63. The van der Waals surface area contributed by atoms with E-state index in [2.05, 4.69) is 9.10 Å². The van der Waals surface area contributed by atoms with Gasteiger partial charge in [-0.1, -0.05) is 6.07 Å². The van der Waals surface area contributed by atoms with Crippen molar-refractivity contribution in [3.63, 3.8) is 0 Å². The van der Waals surface area contributed by atoms with Gasteiger partial charge in [0.05, 0.1) is 27.4 Å². The molecule has 1 aliphatic rings. The molecule has 0 saturated heterocycles. The molecule has 152 valence electrons. The fourth-order valence-electron chi connectivity index (χ4n) is 3.14. The highest BCUT2D eigenvalue weighted by Crippen LogP contribution is 2.43. The maximum Gasteiger partial charge on any atom is 0.335 e. The molecule has 0 aliphatic heterocycles. The second-order valence-corrected chi connectivity index (χ2v) is 9.13. The van der Waals surface area contributed by atoms with Gasteiger partial charge in [0, 0.05) is 10.9 Å². The standard InChI is InChI=1S/C20H14FN3O4S2/c21-16-9-15(17-5-6-29-23-17)18(7-13(16)10-22)24-30(27,28)19-8-12(20(25)26)3-4-14(19)11-1-2-11/h3-9,11,24H,1-2H2,(H,25,26). The maximum atomic E-state index is 14.2. The fourth-order valence-corrected chi connectivity index (χ4v) is 5.06. The number of rotatable bonds is 6. The third-order valence-corrected chi connectivity index (χ3v) is 6.73. The van der Waals surface area contributed by atoms with Crippen molar-refractivity contribution in [2.24, 2.45) is 0 Å². The highest BCUT2D eigenvalue weighted by atomic mass is 32.2. The molecule has 1 heterocycles. The predicted octanol–water partition coefficient (Wildman–Crippen LogP) is 4.20. The van der Waals surface area contributed by atoms with Crippen molar-refractivity contribution in [1.82, 2.24) is 4.37 Å². The first kappa shape index (κ1) is 20.0. The van der Waals surface area contributed by atoms with Crippen molar-refractivity contribution in [2.45, 2.75) is 23.7 Å². The van der Waals surface area contributed by atoms with Crippen LogP contribution < -0.4 is 4.72 Å². The number of anilines is 1. The van der Waals surface area contributed by atoms with E-state index in [1.807, 2.05) is 0 Å². The van der Waals surface area contributed by atoms with Crippen LogP contribution in [0.1, 0.15) is 40.2 Å². The third kappa shape index (κ3) is 3.77. The lowest BCUT2D eigenvalue weighted by molar-refractivity contribution is 0.0696. The minimum absolute atomic E-state index is 0.0127. The Balaban J connectivity index is 1.84. The fraction of sp³-hybridized carbons (Fsp3) is 0.150. The van der Waals surface area contributed by atoms with Gasteiger partial charge in [0.25, 0.3) is 10.0 Å².